The van der Waals surface area contributed by atoms with E-state index in [1.807, 2.05) is 37.7 Å². The van der Waals surface area contributed by atoms with Crippen molar-refractivity contribution in [2.45, 2.75) is 33.2 Å². The Morgan fingerprint density at radius 3 is 2.89 bits per heavy atom. The maximum Gasteiger partial charge on any atom is 0.270 e. The van der Waals surface area contributed by atoms with E-state index >= 15 is 0 Å². The Labute approximate surface area is 119 Å². The third kappa shape index (κ3) is 5.96. The fourth-order valence-electron chi connectivity index (χ4n) is 1.62. The lowest BCUT2D eigenvalue weighted by molar-refractivity contribution is 0.0934. The van der Waals surface area contributed by atoms with E-state index in [9.17, 15) is 4.79 Å². The number of thioether (sulfide) groups is 1. The van der Waals surface area contributed by atoms with Crippen molar-refractivity contribution in [3.8, 4) is 0 Å². The molecule has 106 valence electrons. The zero-order valence-corrected chi connectivity index (χ0v) is 12.7. The molecule has 1 atom stereocenters. The predicted octanol–water partition coefficient (Wildman–Crippen LogP) is 2.77. The van der Waals surface area contributed by atoms with Gasteiger partial charge in [0, 0.05) is 12.6 Å². The van der Waals surface area contributed by atoms with Gasteiger partial charge in [0.25, 0.3) is 5.91 Å². The quantitative estimate of drug-likeness (QED) is 0.719. The molecule has 0 fully saturated rings. The van der Waals surface area contributed by atoms with E-state index in [4.69, 9.17) is 0 Å². The number of carbonyl (C=O) groups excluding carboxylic acids is 1. The summed E-state index contributed by atoms with van der Waals surface area (Å²) in [4.78, 5) is 16.3. The van der Waals surface area contributed by atoms with Gasteiger partial charge in [0.05, 0.1) is 0 Å². The van der Waals surface area contributed by atoms with E-state index < -0.39 is 0 Å². The molecule has 0 radical (unpaired) electrons. The SMILES string of the molecule is CCNc1cccc(C(=O)NC(C)CCSCC)n1. The number of amides is 1. The first-order chi connectivity index (χ1) is 9.17. The van der Waals surface area contributed by atoms with Crippen LogP contribution < -0.4 is 10.6 Å². The largest absolute Gasteiger partial charge is 0.370 e. The van der Waals surface area contributed by atoms with Crippen molar-refractivity contribution in [1.29, 1.82) is 0 Å². The molecule has 0 aliphatic heterocycles. The van der Waals surface area contributed by atoms with Crippen LogP contribution in [0, 0.1) is 0 Å². The smallest absolute Gasteiger partial charge is 0.270 e. The molecule has 0 bridgehead atoms. The standard InChI is InChI=1S/C14H23N3OS/c1-4-15-13-8-6-7-12(17-13)14(18)16-11(3)9-10-19-5-2/h6-8,11H,4-5,9-10H2,1-3H3,(H,15,17)(H,16,18). The molecule has 1 heterocycles. The summed E-state index contributed by atoms with van der Waals surface area (Å²) in [5, 5.41) is 6.09. The van der Waals surface area contributed by atoms with Gasteiger partial charge in [-0.2, -0.15) is 11.8 Å². The van der Waals surface area contributed by atoms with Gasteiger partial charge in [0.1, 0.15) is 11.5 Å². The summed E-state index contributed by atoms with van der Waals surface area (Å²) in [5.74, 6) is 2.83. The van der Waals surface area contributed by atoms with Crippen LogP contribution in [-0.4, -0.2) is 35.0 Å². The van der Waals surface area contributed by atoms with Crippen LogP contribution in [0.5, 0.6) is 0 Å². The summed E-state index contributed by atoms with van der Waals surface area (Å²) in [6, 6.07) is 5.62. The summed E-state index contributed by atoms with van der Waals surface area (Å²) in [7, 11) is 0. The third-order valence-electron chi connectivity index (χ3n) is 2.62. The lowest BCUT2D eigenvalue weighted by Gasteiger charge is -2.13. The molecule has 1 unspecified atom stereocenters. The van der Waals surface area contributed by atoms with Crippen LogP contribution in [0.4, 0.5) is 5.82 Å². The van der Waals surface area contributed by atoms with Crippen LogP contribution in [0.25, 0.3) is 0 Å². The van der Waals surface area contributed by atoms with Crippen molar-refractivity contribution in [3.63, 3.8) is 0 Å². The van der Waals surface area contributed by atoms with Crippen LogP contribution in [0.3, 0.4) is 0 Å². The molecule has 1 aromatic rings. The van der Waals surface area contributed by atoms with Gasteiger partial charge in [-0.25, -0.2) is 4.98 Å². The molecular weight excluding hydrogens is 258 g/mol. The van der Waals surface area contributed by atoms with Gasteiger partial charge in [-0.05, 0) is 43.9 Å². The third-order valence-corrected chi connectivity index (χ3v) is 3.55. The van der Waals surface area contributed by atoms with Crippen molar-refractivity contribution in [1.82, 2.24) is 10.3 Å². The van der Waals surface area contributed by atoms with Gasteiger partial charge in [-0.3, -0.25) is 4.79 Å². The second-order valence-corrected chi connectivity index (χ2v) is 5.69. The highest BCUT2D eigenvalue weighted by atomic mass is 32.2. The molecule has 0 saturated carbocycles. The molecule has 5 heteroatoms. The summed E-state index contributed by atoms with van der Waals surface area (Å²) < 4.78 is 0. The molecule has 4 nitrogen and oxygen atoms in total. The minimum Gasteiger partial charge on any atom is -0.370 e. The number of pyridine rings is 1. The molecule has 0 saturated heterocycles. The second kappa shape index (κ2) is 8.80. The number of rotatable bonds is 8. The normalized spacial score (nSPS) is 11.9. The summed E-state index contributed by atoms with van der Waals surface area (Å²) in [6.07, 6.45) is 0.983. The fourth-order valence-corrected chi connectivity index (χ4v) is 2.42. The molecule has 2 N–H and O–H groups in total. The first kappa shape index (κ1) is 15.8. The van der Waals surface area contributed by atoms with Crippen molar-refractivity contribution < 1.29 is 4.79 Å². The Hall–Kier alpha value is -1.23. The number of nitrogens with one attached hydrogen (secondary N) is 2. The average Bonchev–Trinajstić information content (AvgIpc) is 2.39. The molecule has 1 amide bonds. The maximum absolute atomic E-state index is 12.0. The average molecular weight is 281 g/mol. The zero-order chi connectivity index (χ0) is 14.1. The van der Waals surface area contributed by atoms with Gasteiger partial charge in [-0.15, -0.1) is 0 Å². The van der Waals surface area contributed by atoms with E-state index in [2.05, 4.69) is 22.5 Å². The van der Waals surface area contributed by atoms with Crippen molar-refractivity contribution >= 4 is 23.5 Å². The summed E-state index contributed by atoms with van der Waals surface area (Å²) >= 11 is 1.89. The van der Waals surface area contributed by atoms with E-state index in [-0.39, 0.29) is 11.9 Å². The molecular formula is C14H23N3OS. The molecule has 0 aliphatic rings. The molecule has 1 aromatic heterocycles. The van der Waals surface area contributed by atoms with Gasteiger partial charge >= 0.3 is 0 Å². The minimum absolute atomic E-state index is 0.103. The first-order valence-corrected chi connectivity index (χ1v) is 7.92. The van der Waals surface area contributed by atoms with Gasteiger partial charge in [0.2, 0.25) is 0 Å². The van der Waals surface area contributed by atoms with E-state index in [1.54, 1.807) is 6.07 Å². The molecule has 0 aromatic carbocycles. The Morgan fingerprint density at radius 2 is 2.21 bits per heavy atom. The maximum atomic E-state index is 12.0. The number of hydrogen-bond donors (Lipinski definition) is 2. The van der Waals surface area contributed by atoms with Gasteiger partial charge in [-0.1, -0.05) is 13.0 Å². The van der Waals surface area contributed by atoms with Gasteiger partial charge in [0.15, 0.2) is 0 Å². The summed E-state index contributed by atoms with van der Waals surface area (Å²) in [5.41, 5.74) is 0.466. The first-order valence-electron chi connectivity index (χ1n) is 6.76. The van der Waals surface area contributed by atoms with E-state index in [1.165, 1.54) is 0 Å². The Bertz CT molecular complexity index is 398. The van der Waals surface area contributed by atoms with E-state index in [0.29, 0.717) is 5.69 Å². The van der Waals surface area contributed by atoms with Crippen LogP contribution in [0.2, 0.25) is 0 Å². The van der Waals surface area contributed by atoms with E-state index in [0.717, 1.165) is 30.3 Å². The Balaban J connectivity index is 2.50. The van der Waals surface area contributed by atoms with Crippen LogP contribution in [0.15, 0.2) is 18.2 Å². The lowest BCUT2D eigenvalue weighted by Crippen LogP contribution is -2.33. The highest BCUT2D eigenvalue weighted by Crippen LogP contribution is 2.07. The fraction of sp³-hybridized carbons (Fsp3) is 0.571. The lowest BCUT2D eigenvalue weighted by atomic mass is 10.2. The number of anilines is 1. The van der Waals surface area contributed by atoms with Crippen LogP contribution in [-0.2, 0) is 0 Å². The topological polar surface area (TPSA) is 54.0 Å². The molecule has 1 rings (SSSR count). The van der Waals surface area contributed by atoms with Crippen LogP contribution in [0.1, 0.15) is 37.7 Å². The number of carbonyl (C=O) groups is 1. The van der Waals surface area contributed by atoms with Crippen molar-refractivity contribution in [3.05, 3.63) is 23.9 Å². The number of hydrogen-bond acceptors (Lipinski definition) is 4. The zero-order valence-electron chi connectivity index (χ0n) is 11.9. The van der Waals surface area contributed by atoms with Crippen molar-refractivity contribution in [2.75, 3.05) is 23.4 Å². The Kier molecular flexibility index (Phi) is 7.33. The van der Waals surface area contributed by atoms with Crippen LogP contribution >= 0.6 is 11.8 Å². The highest BCUT2D eigenvalue weighted by molar-refractivity contribution is 7.99. The minimum atomic E-state index is -0.103. The molecule has 0 aliphatic carbocycles. The summed E-state index contributed by atoms with van der Waals surface area (Å²) in [6.45, 7) is 6.97. The monoisotopic (exact) mass is 281 g/mol. The molecule has 0 spiro atoms. The number of aromatic nitrogens is 1. The second-order valence-electron chi connectivity index (χ2n) is 4.30. The number of nitrogens with zero attached hydrogens (tertiary/aromatic N) is 1. The van der Waals surface area contributed by atoms with Gasteiger partial charge < -0.3 is 10.6 Å². The molecule has 19 heavy (non-hydrogen) atoms. The van der Waals surface area contributed by atoms with Crippen molar-refractivity contribution in [2.24, 2.45) is 0 Å². The predicted molar refractivity (Wildman–Crippen MR) is 82.9 cm³/mol. The Morgan fingerprint density at radius 1 is 1.42 bits per heavy atom. The highest BCUT2D eigenvalue weighted by Gasteiger charge is 2.11.